The highest BCUT2D eigenvalue weighted by atomic mass is 79.9. The van der Waals surface area contributed by atoms with Crippen molar-refractivity contribution in [2.45, 2.75) is 6.92 Å². The minimum Gasteiger partial charge on any atom is -0.465 e. The molecule has 4 nitrogen and oxygen atoms in total. The van der Waals surface area contributed by atoms with Crippen LogP contribution in [0.1, 0.15) is 12.5 Å². The van der Waals surface area contributed by atoms with Crippen molar-refractivity contribution in [1.82, 2.24) is 0 Å². The molecule has 0 unspecified atom stereocenters. The third kappa shape index (κ3) is 3.39. The van der Waals surface area contributed by atoms with Gasteiger partial charge < -0.3 is 4.74 Å². The van der Waals surface area contributed by atoms with Gasteiger partial charge in [0.05, 0.1) is 23.9 Å². The SMILES string of the molecule is COC(=O)C1=C(C)N(c2cccc(Br)c2)C(=O)/C1=C\c1ccccc1Br. The number of ether oxygens (including phenoxy) is 1. The molecule has 1 amide bonds. The van der Waals surface area contributed by atoms with E-state index in [1.807, 2.05) is 48.5 Å². The summed E-state index contributed by atoms with van der Waals surface area (Å²) in [6.45, 7) is 1.74. The van der Waals surface area contributed by atoms with Crippen molar-refractivity contribution in [2.75, 3.05) is 12.0 Å². The summed E-state index contributed by atoms with van der Waals surface area (Å²) < 4.78 is 6.60. The van der Waals surface area contributed by atoms with Crippen molar-refractivity contribution in [1.29, 1.82) is 0 Å². The zero-order valence-corrected chi connectivity index (χ0v) is 17.3. The van der Waals surface area contributed by atoms with E-state index in [-0.39, 0.29) is 11.5 Å². The summed E-state index contributed by atoms with van der Waals surface area (Å²) >= 11 is 6.89. The molecule has 0 saturated heterocycles. The number of amides is 1. The van der Waals surface area contributed by atoms with Gasteiger partial charge in [0.15, 0.2) is 0 Å². The molecule has 1 aliphatic heterocycles. The number of halogens is 2. The van der Waals surface area contributed by atoms with Crippen LogP contribution >= 0.6 is 31.9 Å². The third-order valence-electron chi connectivity index (χ3n) is 4.06. The molecule has 1 heterocycles. The number of esters is 1. The second kappa shape index (κ2) is 7.60. The van der Waals surface area contributed by atoms with Crippen LogP contribution in [0.3, 0.4) is 0 Å². The maximum Gasteiger partial charge on any atom is 0.340 e. The van der Waals surface area contributed by atoms with Crippen LogP contribution in [0.15, 0.2) is 74.3 Å². The number of rotatable bonds is 3. The molecule has 0 bridgehead atoms. The topological polar surface area (TPSA) is 46.6 Å². The molecule has 0 aliphatic carbocycles. The molecule has 6 heteroatoms. The van der Waals surface area contributed by atoms with Gasteiger partial charge in [-0.1, -0.05) is 56.1 Å². The van der Waals surface area contributed by atoms with Crippen molar-refractivity contribution in [3.05, 3.63) is 79.9 Å². The summed E-state index contributed by atoms with van der Waals surface area (Å²) in [5.41, 5.74) is 2.60. The van der Waals surface area contributed by atoms with Crippen LogP contribution in [0.2, 0.25) is 0 Å². The monoisotopic (exact) mass is 475 g/mol. The van der Waals surface area contributed by atoms with E-state index in [9.17, 15) is 9.59 Å². The Hall–Kier alpha value is -2.18. The van der Waals surface area contributed by atoms with Crippen molar-refractivity contribution < 1.29 is 14.3 Å². The van der Waals surface area contributed by atoms with Gasteiger partial charge in [-0.05, 0) is 42.8 Å². The number of methoxy groups -OCH3 is 1. The summed E-state index contributed by atoms with van der Waals surface area (Å²) in [6, 6.07) is 14.9. The van der Waals surface area contributed by atoms with E-state index in [0.717, 1.165) is 14.5 Å². The quantitative estimate of drug-likeness (QED) is 0.458. The lowest BCUT2D eigenvalue weighted by atomic mass is 10.0. The average Bonchev–Trinajstić information content (AvgIpc) is 2.86. The lowest BCUT2D eigenvalue weighted by molar-refractivity contribution is -0.136. The third-order valence-corrected chi connectivity index (χ3v) is 5.28. The maximum atomic E-state index is 13.2. The van der Waals surface area contributed by atoms with Gasteiger partial charge in [0.2, 0.25) is 0 Å². The van der Waals surface area contributed by atoms with Gasteiger partial charge in [-0.15, -0.1) is 0 Å². The van der Waals surface area contributed by atoms with Crippen molar-refractivity contribution in [3.63, 3.8) is 0 Å². The molecule has 2 aromatic carbocycles. The fourth-order valence-electron chi connectivity index (χ4n) is 2.85. The second-order valence-corrected chi connectivity index (χ2v) is 7.42. The largest absolute Gasteiger partial charge is 0.465 e. The number of hydrogen-bond donors (Lipinski definition) is 0. The van der Waals surface area contributed by atoms with E-state index in [0.29, 0.717) is 17.0 Å². The highest BCUT2D eigenvalue weighted by Crippen LogP contribution is 2.36. The number of nitrogens with zero attached hydrogens (tertiary/aromatic N) is 1. The normalized spacial score (nSPS) is 15.8. The van der Waals surface area contributed by atoms with E-state index in [1.54, 1.807) is 13.0 Å². The van der Waals surface area contributed by atoms with Gasteiger partial charge in [0.1, 0.15) is 0 Å². The first-order valence-electron chi connectivity index (χ1n) is 7.80. The molecular weight excluding hydrogens is 462 g/mol. The van der Waals surface area contributed by atoms with Crippen LogP contribution in [0.4, 0.5) is 5.69 Å². The van der Waals surface area contributed by atoms with Crippen LogP contribution < -0.4 is 4.90 Å². The lowest BCUT2D eigenvalue weighted by Gasteiger charge is -2.18. The summed E-state index contributed by atoms with van der Waals surface area (Å²) in [5, 5.41) is 0. The minimum absolute atomic E-state index is 0.267. The van der Waals surface area contributed by atoms with Gasteiger partial charge in [-0.25, -0.2) is 4.79 Å². The number of carbonyl (C=O) groups excluding carboxylic acids is 2. The van der Waals surface area contributed by atoms with Gasteiger partial charge in [-0.2, -0.15) is 0 Å². The number of benzene rings is 2. The molecule has 132 valence electrons. The van der Waals surface area contributed by atoms with Crippen LogP contribution in [0, 0.1) is 0 Å². The van der Waals surface area contributed by atoms with E-state index >= 15 is 0 Å². The fraction of sp³-hybridized carbons (Fsp3) is 0.100. The molecule has 0 N–H and O–H groups in total. The second-order valence-electron chi connectivity index (χ2n) is 5.65. The van der Waals surface area contributed by atoms with Crippen LogP contribution in [0.25, 0.3) is 6.08 Å². The highest BCUT2D eigenvalue weighted by molar-refractivity contribution is 9.10. The first-order chi connectivity index (χ1) is 12.4. The summed E-state index contributed by atoms with van der Waals surface area (Å²) in [6.07, 6.45) is 1.71. The summed E-state index contributed by atoms with van der Waals surface area (Å²) in [4.78, 5) is 27.1. The Morgan fingerprint density at radius 2 is 1.85 bits per heavy atom. The molecule has 1 aliphatic rings. The van der Waals surface area contributed by atoms with Crippen LogP contribution in [0.5, 0.6) is 0 Å². The van der Waals surface area contributed by atoms with Gasteiger partial charge in [-0.3, -0.25) is 9.69 Å². The number of anilines is 1. The Balaban J connectivity index is 2.17. The number of allylic oxidation sites excluding steroid dienone is 1. The minimum atomic E-state index is -0.536. The molecule has 0 saturated carbocycles. The fourth-order valence-corrected chi connectivity index (χ4v) is 3.64. The van der Waals surface area contributed by atoms with Gasteiger partial charge in [0.25, 0.3) is 5.91 Å². The van der Waals surface area contributed by atoms with Crippen LogP contribution in [-0.2, 0) is 14.3 Å². The molecule has 3 rings (SSSR count). The predicted molar refractivity (Wildman–Crippen MR) is 108 cm³/mol. The zero-order chi connectivity index (χ0) is 18.8. The van der Waals surface area contributed by atoms with E-state index < -0.39 is 5.97 Å². The summed E-state index contributed by atoms with van der Waals surface area (Å²) in [5.74, 6) is -0.802. The van der Waals surface area contributed by atoms with Crippen molar-refractivity contribution in [3.8, 4) is 0 Å². The zero-order valence-electron chi connectivity index (χ0n) is 14.1. The Bertz CT molecular complexity index is 963. The first-order valence-corrected chi connectivity index (χ1v) is 9.38. The van der Waals surface area contributed by atoms with Gasteiger partial charge in [0, 0.05) is 14.6 Å². The van der Waals surface area contributed by atoms with E-state index in [1.165, 1.54) is 12.0 Å². The molecular formula is C20H15Br2NO3. The lowest BCUT2D eigenvalue weighted by Crippen LogP contribution is -2.24. The maximum absolute atomic E-state index is 13.2. The Morgan fingerprint density at radius 3 is 2.50 bits per heavy atom. The smallest absolute Gasteiger partial charge is 0.340 e. The number of hydrogen-bond acceptors (Lipinski definition) is 3. The molecule has 26 heavy (non-hydrogen) atoms. The molecule has 0 atom stereocenters. The van der Waals surface area contributed by atoms with Crippen molar-refractivity contribution in [2.24, 2.45) is 0 Å². The number of carbonyl (C=O) groups is 2. The molecule has 2 aromatic rings. The predicted octanol–water partition coefficient (Wildman–Crippen LogP) is 5.09. The van der Waals surface area contributed by atoms with E-state index in [4.69, 9.17) is 4.74 Å². The average molecular weight is 477 g/mol. The Kier molecular flexibility index (Phi) is 5.44. The molecule has 0 aromatic heterocycles. The van der Waals surface area contributed by atoms with Crippen LogP contribution in [-0.4, -0.2) is 19.0 Å². The Labute approximate surface area is 168 Å². The molecule has 0 fully saturated rings. The molecule has 0 spiro atoms. The van der Waals surface area contributed by atoms with E-state index in [2.05, 4.69) is 31.9 Å². The summed E-state index contributed by atoms with van der Waals surface area (Å²) in [7, 11) is 1.31. The first kappa shape index (κ1) is 18.6. The molecule has 0 radical (unpaired) electrons. The Morgan fingerprint density at radius 1 is 1.12 bits per heavy atom. The highest BCUT2D eigenvalue weighted by Gasteiger charge is 2.38. The van der Waals surface area contributed by atoms with Crippen molar-refractivity contribution >= 4 is 55.5 Å². The van der Waals surface area contributed by atoms with Gasteiger partial charge >= 0.3 is 5.97 Å². The standard InChI is InChI=1S/C20H15Br2NO3/c1-12-18(20(25)26-2)16(10-13-6-3-4-9-17(13)22)19(24)23(12)15-8-5-7-14(21)11-15/h3-11H,1-2H3/b16-10-.